The van der Waals surface area contributed by atoms with E-state index >= 15 is 0 Å². The molecular formula is C17H17F2NO2. The van der Waals surface area contributed by atoms with Gasteiger partial charge >= 0.3 is 0 Å². The molecule has 0 aliphatic rings. The van der Waals surface area contributed by atoms with Gasteiger partial charge in [0.1, 0.15) is 17.4 Å². The minimum Gasteiger partial charge on any atom is -0.481 e. The molecule has 0 aromatic heterocycles. The zero-order valence-electron chi connectivity index (χ0n) is 12.6. The summed E-state index contributed by atoms with van der Waals surface area (Å²) >= 11 is 0. The number of rotatable bonds is 4. The molecule has 2 aromatic rings. The van der Waals surface area contributed by atoms with Crippen LogP contribution in [0.15, 0.2) is 36.4 Å². The van der Waals surface area contributed by atoms with Gasteiger partial charge in [-0.1, -0.05) is 12.1 Å². The SMILES string of the molecule is CNC(=O)C(C)Oc1cc(F)cc(-c2ccc(C)c(F)c2)c1. The Morgan fingerprint density at radius 2 is 1.86 bits per heavy atom. The zero-order chi connectivity index (χ0) is 16.3. The Balaban J connectivity index is 2.34. The molecule has 1 unspecified atom stereocenters. The molecular weight excluding hydrogens is 288 g/mol. The van der Waals surface area contributed by atoms with Crippen molar-refractivity contribution in [3.05, 3.63) is 53.6 Å². The van der Waals surface area contributed by atoms with E-state index < -0.39 is 11.9 Å². The van der Waals surface area contributed by atoms with Gasteiger partial charge in [0.25, 0.3) is 5.91 Å². The topological polar surface area (TPSA) is 38.3 Å². The average molecular weight is 305 g/mol. The number of carbonyl (C=O) groups excluding carboxylic acids is 1. The fourth-order valence-electron chi connectivity index (χ4n) is 2.03. The van der Waals surface area contributed by atoms with Gasteiger partial charge < -0.3 is 10.1 Å². The molecule has 1 atom stereocenters. The standard InChI is InChI=1S/C17H17F2NO2/c1-10-4-5-12(8-16(10)19)13-6-14(18)9-15(7-13)22-11(2)17(21)20-3/h4-9,11H,1-3H3,(H,20,21). The lowest BCUT2D eigenvalue weighted by molar-refractivity contribution is -0.126. The molecule has 0 saturated heterocycles. The van der Waals surface area contributed by atoms with Gasteiger partial charge in [-0.25, -0.2) is 8.78 Å². The summed E-state index contributed by atoms with van der Waals surface area (Å²) in [6.45, 7) is 3.22. The Bertz CT molecular complexity index is 701. The lowest BCUT2D eigenvalue weighted by Crippen LogP contribution is -2.33. The molecule has 0 bridgehead atoms. The van der Waals surface area contributed by atoms with Crippen molar-refractivity contribution in [1.29, 1.82) is 0 Å². The first-order valence-corrected chi connectivity index (χ1v) is 6.86. The Kier molecular flexibility index (Phi) is 4.75. The van der Waals surface area contributed by atoms with Crippen LogP contribution in [0.4, 0.5) is 8.78 Å². The van der Waals surface area contributed by atoms with Crippen LogP contribution < -0.4 is 10.1 Å². The zero-order valence-corrected chi connectivity index (χ0v) is 12.6. The lowest BCUT2D eigenvalue weighted by atomic mass is 10.0. The highest BCUT2D eigenvalue weighted by atomic mass is 19.1. The normalized spacial score (nSPS) is 11.9. The van der Waals surface area contributed by atoms with E-state index in [1.54, 1.807) is 32.0 Å². The van der Waals surface area contributed by atoms with Crippen molar-refractivity contribution in [2.75, 3.05) is 7.05 Å². The van der Waals surface area contributed by atoms with E-state index in [0.29, 0.717) is 16.7 Å². The molecule has 0 saturated carbocycles. The fourth-order valence-corrected chi connectivity index (χ4v) is 2.03. The Morgan fingerprint density at radius 1 is 1.14 bits per heavy atom. The number of ether oxygens (including phenoxy) is 1. The van der Waals surface area contributed by atoms with Crippen LogP contribution in [0.2, 0.25) is 0 Å². The van der Waals surface area contributed by atoms with Gasteiger partial charge in [-0.3, -0.25) is 4.79 Å². The molecule has 1 amide bonds. The van der Waals surface area contributed by atoms with E-state index in [1.807, 2.05) is 0 Å². The summed E-state index contributed by atoms with van der Waals surface area (Å²) in [5.41, 5.74) is 1.54. The summed E-state index contributed by atoms with van der Waals surface area (Å²) in [5, 5.41) is 2.45. The first-order chi connectivity index (χ1) is 10.4. The third kappa shape index (κ3) is 3.61. The summed E-state index contributed by atoms with van der Waals surface area (Å²) < 4.78 is 32.8. The number of aryl methyl sites for hydroxylation is 1. The van der Waals surface area contributed by atoms with E-state index in [0.717, 1.165) is 0 Å². The second kappa shape index (κ2) is 6.56. The van der Waals surface area contributed by atoms with Gasteiger partial charge in [-0.05, 0) is 48.7 Å². The van der Waals surface area contributed by atoms with Crippen LogP contribution in [0, 0.1) is 18.6 Å². The molecule has 3 nitrogen and oxygen atoms in total. The van der Waals surface area contributed by atoms with Gasteiger partial charge in [0.05, 0.1) is 0 Å². The van der Waals surface area contributed by atoms with Crippen LogP contribution in [0.5, 0.6) is 5.75 Å². The van der Waals surface area contributed by atoms with Crippen LogP contribution in [0.25, 0.3) is 11.1 Å². The minimum absolute atomic E-state index is 0.215. The second-order valence-electron chi connectivity index (χ2n) is 5.01. The van der Waals surface area contributed by atoms with E-state index in [1.165, 1.54) is 25.2 Å². The summed E-state index contributed by atoms with van der Waals surface area (Å²) in [4.78, 5) is 11.5. The third-order valence-electron chi connectivity index (χ3n) is 3.30. The van der Waals surface area contributed by atoms with Crippen molar-refractivity contribution < 1.29 is 18.3 Å². The van der Waals surface area contributed by atoms with Gasteiger partial charge in [0.15, 0.2) is 6.10 Å². The molecule has 0 spiro atoms. The van der Waals surface area contributed by atoms with Crippen LogP contribution in [0.3, 0.4) is 0 Å². The number of halogens is 2. The second-order valence-corrected chi connectivity index (χ2v) is 5.01. The van der Waals surface area contributed by atoms with Crippen molar-refractivity contribution in [2.45, 2.75) is 20.0 Å². The van der Waals surface area contributed by atoms with Crippen molar-refractivity contribution in [3.63, 3.8) is 0 Å². The van der Waals surface area contributed by atoms with Crippen molar-refractivity contribution in [3.8, 4) is 16.9 Å². The third-order valence-corrected chi connectivity index (χ3v) is 3.30. The fraction of sp³-hybridized carbons (Fsp3) is 0.235. The van der Waals surface area contributed by atoms with Crippen LogP contribution in [-0.4, -0.2) is 19.1 Å². The average Bonchev–Trinajstić information content (AvgIpc) is 2.48. The summed E-state index contributed by atoms with van der Waals surface area (Å²) in [6, 6.07) is 8.74. The minimum atomic E-state index is -0.755. The van der Waals surface area contributed by atoms with Crippen LogP contribution in [0.1, 0.15) is 12.5 Å². The molecule has 22 heavy (non-hydrogen) atoms. The molecule has 1 N–H and O–H groups in total. The van der Waals surface area contributed by atoms with Crippen LogP contribution in [-0.2, 0) is 4.79 Å². The Morgan fingerprint density at radius 3 is 2.50 bits per heavy atom. The summed E-state index contributed by atoms with van der Waals surface area (Å²) in [6.07, 6.45) is -0.755. The van der Waals surface area contributed by atoms with Crippen molar-refractivity contribution in [1.82, 2.24) is 5.32 Å². The molecule has 0 radical (unpaired) electrons. The molecule has 5 heteroatoms. The van der Waals surface area contributed by atoms with E-state index in [-0.39, 0.29) is 17.5 Å². The van der Waals surface area contributed by atoms with Crippen molar-refractivity contribution in [2.24, 2.45) is 0 Å². The van der Waals surface area contributed by atoms with Gasteiger partial charge in [0, 0.05) is 13.1 Å². The Labute approximate surface area is 127 Å². The summed E-state index contributed by atoms with van der Waals surface area (Å²) in [7, 11) is 1.49. The maximum Gasteiger partial charge on any atom is 0.260 e. The molecule has 116 valence electrons. The number of nitrogens with one attached hydrogen (secondary N) is 1. The number of benzene rings is 2. The number of hydrogen-bond donors (Lipinski definition) is 1. The maximum atomic E-state index is 13.8. The monoisotopic (exact) mass is 305 g/mol. The smallest absolute Gasteiger partial charge is 0.260 e. The van der Waals surface area contributed by atoms with Gasteiger partial charge in [-0.2, -0.15) is 0 Å². The van der Waals surface area contributed by atoms with E-state index in [9.17, 15) is 13.6 Å². The molecule has 0 fully saturated rings. The quantitative estimate of drug-likeness (QED) is 0.939. The predicted octanol–water partition coefficient (Wildman–Crippen LogP) is 3.45. The highest BCUT2D eigenvalue weighted by Crippen LogP contribution is 2.27. The summed E-state index contributed by atoms with van der Waals surface area (Å²) in [5.74, 6) is -0.972. The van der Waals surface area contributed by atoms with E-state index in [4.69, 9.17) is 4.74 Å². The molecule has 2 rings (SSSR count). The molecule has 2 aromatic carbocycles. The molecule has 0 heterocycles. The Hall–Kier alpha value is -2.43. The largest absolute Gasteiger partial charge is 0.481 e. The lowest BCUT2D eigenvalue weighted by Gasteiger charge is -2.14. The molecule has 0 aliphatic heterocycles. The maximum absolute atomic E-state index is 13.8. The number of carbonyl (C=O) groups is 1. The van der Waals surface area contributed by atoms with Gasteiger partial charge in [0.2, 0.25) is 0 Å². The van der Waals surface area contributed by atoms with E-state index in [2.05, 4.69) is 5.32 Å². The number of hydrogen-bond acceptors (Lipinski definition) is 2. The van der Waals surface area contributed by atoms with Crippen LogP contribution >= 0.6 is 0 Å². The highest BCUT2D eigenvalue weighted by molar-refractivity contribution is 5.80. The first-order valence-electron chi connectivity index (χ1n) is 6.86. The first kappa shape index (κ1) is 15.9. The van der Waals surface area contributed by atoms with Crippen molar-refractivity contribution >= 4 is 5.91 Å². The van der Waals surface area contributed by atoms with Gasteiger partial charge in [-0.15, -0.1) is 0 Å². The number of likely N-dealkylation sites (N-methyl/N-ethyl adjacent to an activating group) is 1. The predicted molar refractivity (Wildman–Crippen MR) is 80.7 cm³/mol. The number of amides is 1. The highest BCUT2D eigenvalue weighted by Gasteiger charge is 2.14. The molecule has 0 aliphatic carbocycles.